The highest BCUT2D eigenvalue weighted by Gasteiger charge is 2.07. The molecule has 3 nitrogen and oxygen atoms in total. The van der Waals surface area contributed by atoms with Gasteiger partial charge in [-0.1, -0.05) is 0 Å². The zero-order valence-electron chi connectivity index (χ0n) is 7.04. The average Bonchev–Trinajstić information content (AvgIpc) is 1.87. The summed E-state index contributed by atoms with van der Waals surface area (Å²) in [6.45, 7) is 5.03. The van der Waals surface area contributed by atoms with E-state index in [-0.39, 0.29) is 12.6 Å². The number of rotatable bonds is 4. The molecule has 0 spiro atoms. The Morgan fingerprint density at radius 3 is 2.30 bits per heavy atom. The molecule has 0 heterocycles. The summed E-state index contributed by atoms with van der Waals surface area (Å²) in [5.74, 6) is 0. The SMILES string of the molecule is CC(C)N(C)CC(N)CO. The molecule has 0 aliphatic heterocycles. The van der Waals surface area contributed by atoms with E-state index in [2.05, 4.69) is 18.7 Å². The van der Waals surface area contributed by atoms with Crippen LogP contribution in [0.2, 0.25) is 0 Å². The van der Waals surface area contributed by atoms with E-state index in [4.69, 9.17) is 10.8 Å². The van der Waals surface area contributed by atoms with Gasteiger partial charge in [0.2, 0.25) is 0 Å². The van der Waals surface area contributed by atoms with Crippen LogP contribution < -0.4 is 5.73 Å². The summed E-state index contributed by atoms with van der Waals surface area (Å²) < 4.78 is 0. The maximum Gasteiger partial charge on any atom is 0.0595 e. The topological polar surface area (TPSA) is 49.5 Å². The number of hydrogen-bond donors (Lipinski definition) is 2. The van der Waals surface area contributed by atoms with Gasteiger partial charge in [0.05, 0.1) is 6.61 Å². The second-order valence-corrected chi connectivity index (χ2v) is 2.98. The molecule has 0 aliphatic rings. The van der Waals surface area contributed by atoms with Gasteiger partial charge in [0.25, 0.3) is 0 Å². The second-order valence-electron chi connectivity index (χ2n) is 2.98. The van der Waals surface area contributed by atoms with Gasteiger partial charge in [0.1, 0.15) is 0 Å². The fourth-order valence-electron chi connectivity index (χ4n) is 0.638. The molecule has 0 amide bonds. The van der Waals surface area contributed by atoms with E-state index in [1.165, 1.54) is 0 Å². The van der Waals surface area contributed by atoms with Gasteiger partial charge in [-0.05, 0) is 20.9 Å². The van der Waals surface area contributed by atoms with Gasteiger partial charge in [-0.2, -0.15) is 0 Å². The predicted molar refractivity (Wildman–Crippen MR) is 42.8 cm³/mol. The van der Waals surface area contributed by atoms with Crippen molar-refractivity contribution in [2.75, 3.05) is 20.2 Å². The number of likely N-dealkylation sites (N-methyl/N-ethyl adjacent to an activating group) is 1. The van der Waals surface area contributed by atoms with Crippen molar-refractivity contribution in [2.24, 2.45) is 5.73 Å². The summed E-state index contributed by atoms with van der Waals surface area (Å²) in [6.07, 6.45) is 0. The van der Waals surface area contributed by atoms with E-state index < -0.39 is 0 Å². The molecule has 1 atom stereocenters. The standard InChI is InChI=1S/C7H18N2O/c1-6(2)9(3)4-7(8)5-10/h6-7,10H,4-5,8H2,1-3H3. The quantitative estimate of drug-likeness (QED) is 0.570. The fraction of sp³-hybridized carbons (Fsp3) is 1.00. The van der Waals surface area contributed by atoms with Gasteiger partial charge in [-0.25, -0.2) is 0 Å². The molecule has 10 heavy (non-hydrogen) atoms. The normalized spacial score (nSPS) is 14.7. The number of aliphatic hydroxyl groups is 1. The lowest BCUT2D eigenvalue weighted by molar-refractivity contribution is 0.201. The van der Waals surface area contributed by atoms with Gasteiger partial charge in [-0.3, -0.25) is 0 Å². The van der Waals surface area contributed by atoms with Crippen molar-refractivity contribution in [1.82, 2.24) is 4.90 Å². The molecule has 3 N–H and O–H groups in total. The second kappa shape index (κ2) is 4.66. The average molecular weight is 146 g/mol. The van der Waals surface area contributed by atoms with Crippen LogP contribution in [0.1, 0.15) is 13.8 Å². The van der Waals surface area contributed by atoms with E-state index in [0.717, 1.165) is 6.54 Å². The van der Waals surface area contributed by atoms with Crippen molar-refractivity contribution < 1.29 is 5.11 Å². The third-order valence-electron chi connectivity index (χ3n) is 1.64. The highest BCUT2D eigenvalue weighted by atomic mass is 16.3. The summed E-state index contributed by atoms with van der Waals surface area (Å²) in [4.78, 5) is 2.11. The van der Waals surface area contributed by atoms with Gasteiger partial charge >= 0.3 is 0 Å². The molecule has 0 saturated heterocycles. The van der Waals surface area contributed by atoms with Gasteiger partial charge in [-0.15, -0.1) is 0 Å². The van der Waals surface area contributed by atoms with Crippen molar-refractivity contribution >= 4 is 0 Å². The zero-order valence-corrected chi connectivity index (χ0v) is 7.04. The molecule has 0 aliphatic carbocycles. The van der Waals surface area contributed by atoms with Crippen LogP contribution in [0, 0.1) is 0 Å². The van der Waals surface area contributed by atoms with Crippen molar-refractivity contribution in [3.63, 3.8) is 0 Å². The Labute approximate surface area is 62.8 Å². The third-order valence-corrected chi connectivity index (χ3v) is 1.64. The first kappa shape index (κ1) is 9.88. The Hall–Kier alpha value is -0.120. The molecule has 62 valence electrons. The highest BCUT2D eigenvalue weighted by molar-refractivity contribution is 4.66. The minimum Gasteiger partial charge on any atom is -0.395 e. The first-order valence-electron chi connectivity index (χ1n) is 3.64. The predicted octanol–water partition coefficient (Wildman–Crippen LogP) is -0.354. The van der Waals surface area contributed by atoms with Crippen LogP contribution in [0.4, 0.5) is 0 Å². The Morgan fingerprint density at radius 2 is 2.00 bits per heavy atom. The van der Waals surface area contributed by atoms with Gasteiger partial charge in [0.15, 0.2) is 0 Å². The maximum absolute atomic E-state index is 8.61. The number of nitrogens with two attached hydrogens (primary N) is 1. The fourth-order valence-corrected chi connectivity index (χ4v) is 0.638. The van der Waals surface area contributed by atoms with E-state index in [1.807, 2.05) is 7.05 Å². The lowest BCUT2D eigenvalue weighted by Gasteiger charge is -2.23. The monoisotopic (exact) mass is 146 g/mol. The van der Waals surface area contributed by atoms with Crippen LogP contribution in [0.15, 0.2) is 0 Å². The molecule has 0 rings (SSSR count). The summed E-state index contributed by atoms with van der Waals surface area (Å²) in [6, 6.07) is 0.394. The molecule has 0 fully saturated rings. The lowest BCUT2D eigenvalue weighted by atomic mass is 10.2. The Bertz CT molecular complexity index is 85.7. The van der Waals surface area contributed by atoms with Crippen molar-refractivity contribution in [3.05, 3.63) is 0 Å². The number of nitrogens with zero attached hydrogens (tertiary/aromatic N) is 1. The summed E-state index contributed by atoms with van der Waals surface area (Å²) in [5, 5.41) is 8.61. The zero-order chi connectivity index (χ0) is 8.15. The van der Waals surface area contributed by atoms with Crippen LogP contribution >= 0.6 is 0 Å². The van der Waals surface area contributed by atoms with Crippen LogP contribution in [0.3, 0.4) is 0 Å². The van der Waals surface area contributed by atoms with Crippen molar-refractivity contribution in [3.8, 4) is 0 Å². The summed E-state index contributed by atoms with van der Waals surface area (Å²) in [7, 11) is 2.00. The molecular formula is C7H18N2O. The first-order chi connectivity index (χ1) is 4.57. The van der Waals surface area contributed by atoms with Crippen LogP contribution in [-0.2, 0) is 0 Å². The van der Waals surface area contributed by atoms with Crippen LogP contribution in [0.5, 0.6) is 0 Å². The van der Waals surface area contributed by atoms with E-state index >= 15 is 0 Å². The molecule has 0 radical (unpaired) electrons. The molecule has 3 heteroatoms. The maximum atomic E-state index is 8.61. The number of aliphatic hydroxyl groups excluding tert-OH is 1. The van der Waals surface area contributed by atoms with Crippen LogP contribution in [0.25, 0.3) is 0 Å². The molecular weight excluding hydrogens is 128 g/mol. The Kier molecular flexibility index (Phi) is 4.60. The summed E-state index contributed by atoms with van der Waals surface area (Å²) in [5.41, 5.74) is 5.52. The van der Waals surface area contributed by atoms with E-state index in [9.17, 15) is 0 Å². The third kappa shape index (κ3) is 3.82. The number of hydrogen-bond acceptors (Lipinski definition) is 3. The molecule has 1 unspecified atom stereocenters. The largest absolute Gasteiger partial charge is 0.395 e. The Morgan fingerprint density at radius 1 is 1.50 bits per heavy atom. The smallest absolute Gasteiger partial charge is 0.0595 e. The molecule has 0 aromatic rings. The van der Waals surface area contributed by atoms with Crippen molar-refractivity contribution in [2.45, 2.75) is 25.9 Å². The first-order valence-corrected chi connectivity index (χ1v) is 3.64. The molecule has 0 aromatic carbocycles. The van der Waals surface area contributed by atoms with Crippen LogP contribution in [-0.4, -0.2) is 42.3 Å². The van der Waals surface area contributed by atoms with Gasteiger partial charge < -0.3 is 15.7 Å². The molecule has 0 aromatic heterocycles. The minimum atomic E-state index is -0.104. The molecule has 0 saturated carbocycles. The minimum absolute atomic E-state index is 0.0665. The summed E-state index contributed by atoms with van der Waals surface area (Å²) >= 11 is 0. The van der Waals surface area contributed by atoms with Crippen molar-refractivity contribution in [1.29, 1.82) is 0 Å². The Balaban J connectivity index is 3.46. The molecule has 0 bridgehead atoms. The van der Waals surface area contributed by atoms with E-state index in [0.29, 0.717) is 6.04 Å². The van der Waals surface area contributed by atoms with E-state index in [1.54, 1.807) is 0 Å². The highest BCUT2D eigenvalue weighted by Crippen LogP contribution is 1.93. The lowest BCUT2D eigenvalue weighted by Crippen LogP contribution is -2.40. The van der Waals surface area contributed by atoms with Gasteiger partial charge in [0, 0.05) is 18.6 Å².